The minimum atomic E-state index is 0.639. The van der Waals surface area contributed by atoms with Crippen LogP contribution < -0.4 is 5.84 Å². The zero-order valence-corrected chi connectivity index (χ0v) is 5.95. The minimum absolute atomic E-state index is 0.639. The van der Waals surface area contributed by atoms with Crippen molar-refractivity contribution in [1.29, 1.82) is 0 Å². The molecule has 0 bridgehead atoms. The molecule has 0 aromatic carbocycles. The van der Waals surface area contributed by atoms with Gasteiger partial charge in [-0.15, -0.1) is 0 Å². The van der Waals surface area contributed by atoms with Gasteiger partial charge >= 0.3 is 0 Å². The quantitative estimate of drug-likeness (QED) is 0.411. The van der Waals surface area contributed by atoms with Crippen molar-refractivity contribution in [1.82, 2.24) is 5.01 Å². The van der Waals surface area contributed by atoms with E-state index in [-0.39, 0.29) is 0 Å². The Hall–Kier alpha value is 0.270. The summed E-state index contributed by atoms with van der Waals surface area (Å²) >= 11 is 1.99. The average molecular weight is 132 g/mol. The Morgan fingerprint density at radius 2 is 2.50 bits per heavy atom. The van der Waals surface area contributed by atoms with Crippen LogP contribution in [0.25, 0.3) is 0 Å². The third-order valence-corrected chi connectivity index (χ3v) is 2.63. The Morgan fingerprint density at radius 1 is 1.75 bits per heavy atom. The third kappa shape index (κ3) is 1.37. The Labute approximate surface area is 54.4 Å². The number of thioether (sulfide) groups is 1. The molecule has 1 rings (SSSR count). The molecule has 1 fully saturated rings. The minimum Gasteiger partial charge on any atom is -0.269 e. The van der Waals surface area contributed by atoms with Gasteiger partial charge in [-0.25, -0.2) is 5.01 Å². The van der Waals surface area contributed by atoms with Crippen molar-refractivity contribution in [2.24, 2.45) is 5.84 Å². The van der Waals surface area contributed by atoms with Gasteiger partial charge in [-0.3, -0.25) is 5.84 Å². The summed E-state index contributed by atoms with van der Waals surface area (Å²) in [5.74, 6) is 8.02. The molecule has 1 aliphatic heterocycles. The topological polar surface area (TPSA) is 29.3 Å². The van der Waals surface area contributed by atoms with Crippen LogP contribution in [0.3, 0.4) is 0 Å². The first-order valence-electron chi connectivity index (χ1n) is 2.86. The van der Waals surface area contributed by atoms with Crippen molar-refractivity contribution in [3.05, 3.63) is 0 Å². The van der Waals surface area contributed by atoms with E-state index in [9.17, 15) is 0 Å². The van der Waals surface area contributed by atoms with E-state index in [1.165, 1.54) is 17.9 Å². The van der Waals surface area contributed by atoms with Gasteiger partial charge in [0, 0.05) is 18.8 Å². The molecule has 2 nitrogen and oxygen atoms in total. The van der Waals surface area contributed by atoms with Crippen LogP contribution in [0.4, 0.5) is 0 Å². The van der Waals surface area contributed by atoms with Crippen LogP contribution in [-0.4, -0.2) is 29.6 Å². The SMILES string of the molecule is CN(N)[C@H]1CCSC1. The molecule has 1 heterocycles. The molecular weight excluding hydrogens is 120 g/mol. The maximum absolute atomic E-state index is 5.52. The highest BCUT2D eigenvalue weighted by atomic mass is 32.2. The van der Waals surface area contributed by atoms with E-state index in [1.54, 1.807) is 0 Å². The van der Waals surface area contributed by atoms with Crippen LogP contribution in [0.15, 0.2) is 0 Å². The van der Waals surface area contributed by atoms with E-state index < -0.39 is 0 Å². The number of nitrogens with two attached hydrogens (primary N) is 1. The predicted octanol–water partition coefficient (Wildman–Crippen LogP) is 0.297. The third-order valence-electron chi connectivity index (χ3n) is 1.48. The van der Waals surface area contributed by atoms with Gasteiger partial charge in [0.25, 0.3) is 0 Å². The average Bonchev–Trinajstić information content (AvgIpc) is 2.12. The second-order valence-electron chi connectivity index (χ2n) is 2.18. The monoisotopic (exact) mass is 132 g/mol. The summed E-state index contributed by atoms with van der Waals surface area (Å²) in [6, 6.07) is 0.639. The van der Waals surface area contributed by atoms with E-state index in [2.05, 4.69) is 0 Å². The van der Waals surface area contributed by atoms with Crippen molar-refractivity contribution in [2.75, 3.05) is 18.6 Å². The Morgan fingerprint density at radius 3 is 2.75 bits per heavy atom. The summed E-state index contributed by atoms with van der Waals surface area (Å²) in [4.78, 5) is 0. The van der Waals surface area contributed by atoms with Crippen LogP contribution in [0.2, 0.25) is 0 Å². The van der Waals surface area contributed by atoms with Crippen LogP contribution in [0, 0.1) is 0 Å². The lowest BCUT2D eigenvalue weighted by Crippen LogP contribution is -2.37. The largest absolute Gasteiger partial charge is 0.269 e. The van der Waals surface area contributed by atoms with E-state index in [0.29, 0.717) is 6.04 Å². The highest BCUT2D eigenvalue weighted by molar-refractivity contribution is 7.99. The summed E-state index contributed by atoms with van der Waals surface area (Å²) in [6.07, 6.45) is 1.26. The number of hydrazine groups is 1. The van der Waals surface area contributed by atoms with E-state index in [1.807, 2.05) is 23.8 Å². The van der Waals surface area contributed by atoms with Crippen molar-refractivity contribution in [3.8, 4) is 0 Å². The number of rotatable bonds is 1. The highest BCUT2D eigenvalue weighted by Crippen LogP contribution is 2.19. The van der Waals surface area contributed by atoms with Gasteiger partial charge in [-0.2, -0.15) is 11.8 Å². The first-order valence-corrected chi connectivity index (χ1v) is 4.01. The maximum Gasteiger partial charge on any atom is 0.0336 e. The lowest BCUT2D eigenvalue weighted by molar-refractivity contribution is 0.271. The molecule has 1 saturated heterocycles. The molecule has 0 radical (unpaired) electrons. The van der Waals surface area contributed by atoms with Gasteiger partial charge in [0.2, 0.25) is 0 Å². The number of nitrogens with zero attached hydrogens (tertiary/aromatic N) is 1. The molecule has 1 aliphatic rings. The highest BCUT2D eigenvalue weighted by Gasteiger charge is 2.16. The molecule has 2 N–H and O–H groups in total. The second kappa shape index (κ2) is 2.71. The molecule has 0 aromatic rings. The molecule has 0 amide bonds. The summed E-state index contributed by atoms with van der Waals surface area (Å²) in [7, 11) is 1.94. The standard InChI is InChI=1S/C5H12N2S/c1-7(6)5-2-3-8-4-5/h5H,2-4,6H2,1H3/t5-/m0/s1. The summed E-state index contributed by atoms with van der Waals surface area (Å²) in [6.45, 7) is 0. The fourth-order valence-corrected chi connectivity index (χ4v) is 2.12. The van der Waals surface area contributed by atoms with Crippen LogP contribution in [0.1, 0.15) is 6.42 Å². The van der Waals surface area contributed by atoms with Gasteiger partial charge in [0.05, 0.1) is 0 Å². The molecule has 0 aliphatic carbocycles. The van der Waals surface area contributed by atoms with Gasteiger partial charge in [0.15, 0.2) is 0 Å². The van der Waals surface area contributed by atoms with Crippen molar-refractivity contribution >= 4 is 11.8 Å². The molecule has 3 heteroatoms. The van der Waals surface area contributed by atoms with E-state index >= 15 is 0 Å². The Kier molecular flexibility index (Phi) is 2.16. The first kappa shape index (κ1) is 6.39. The van der Waals surface area contributed by atoms with E-state index in [4.69, 9.17) is 5.84 Å². The molecule has 8 heavy (non-hydrogen) atoms. The van der Waals surface area contributed by atoms with Gasteiger partial charge in [-0.1, -0.05) is 0 Å². The molecule has 0 aromatic heterocycles. The zero-order valence-electron chi connectivity index (χ0n) is 5.13. The Bertz CT molecular complexity index is 68.8. The number of hydrogen-bond donors (Lipinski definition) is 1. The Balaban J connectivity index is 2.24. The van der Waals surface area contributed by atoms with Gasteiger partial charge in [-0.05, 0) is 12.2 Å². The predicted molar refractivity (Wildman–Crippen MR) is 37.7 cm³/mol. The van der Waals surface area contributed by atoms with Crippen molar-refractivity contribution in [3.63, 3.8) is 0 Å². The second-order valence-corrected chi connectivity index (χ2v) is 3.33. The van der Waals surface area contributed by atoms with E-state index in [0.717, 1.165) is 0 Å². The maximum atomic E-state index is 5.52. The lowest BCUT2D eigenvalue weighted by atomic mass is 10.3. The molecule has 0 spiro atoms. The van der Waals surface area contributed by atoms with Crippen LogP contribution >= 0.6 is 11.8 Å². The normalized spacial score (nSPS) is 29.6. The summed E-state index contributed by atoms with van der Waals surface area (Å²) in [5.41, 5.74) is 0. The van der Waals surface area contributed by atoms with Gasteiger partial charge < -0.3 is 0 Å². The summed E-state index contributed by atoms with van der Waals surface area (Å²) in [5, 5.41) is 1.82. The van der Waals surface area contributed by atoms with Crippen LogP contribution in [-0.2, 0) is 0 Å². The smallest absolute Gasteiger partial charge is 0.0336 e. The molecule has 1 atom stereocenters. The lowest BCUT2D eigenvalue weighted by Gasteiger charge is -2.15. The van der Waals surface area contributed by atoms with Gasteiger partial charge in [0.1, 0.15) is 0 Å². The van der Waals surface area contributed by atoms with Crippen LogP contribution in [0.5, 0.6) is 0 Å². The van der Waals surface area contributed by atoms with Crippen molar-refractivity contribution < 1.29 is 0 Å². The van der Waals surface area contributed by atoms with Crippen molar-refractivity contribution in [2.45, 2.75) is 12.5 Å². The fraction of sp³-hybridized carbons (Fsp3) is 1.00. The zero-order chi connectivity index (χ0) is 5.98. The first-order chi connectivity index (χ1) is 3.80. The molecule has 0 saturated carbocycles. The molecule has 48 valence electrons. The molecular formula is C5H12N2S. The summed E-state index contributed by atoms with van der Waals surface area (Å²) < 4.78 is 0. The molecule has 0 unspecified atom stereocenters. The fourth-order valence-electron chi connectivity index (χ4n) is 0.843. The number of hydrogen-bond acceptors (Lipinski definition) is 3.